The number of fused-ring (bicyclic) bond motifs is 14. The molecule has 0 N–H and O–H groups in total. The minimum Gasteiger partial charge on any atom is -0.458 e. The average molecular weight is 1240 g/mol. The first-order chi connectivity index (χ1) is 48.7. The first-order valence-corrected chi connectivity index (χ1v) is 34.1. The molecule has 0 saturated heterocycles. The molecule has 0 atom stereocenters. The number of anilines is 12. The van der Waals surface area contributed by atoms with Crippen molar-refractivity contribution in [2.24, 2.45) is 0 Å². The summed E-state index contributed by atoms with van der Waals surface area (Å²) in [4.78, 5) is 10.4. The van der Waals surface area contributed by atoms with Crippen molar-refractivity contribution < 1.29 is 4.74 Å². The van der Waals surface area contributed by atoms with E-state index in [1.54, 1.807) is 0 Å². The number of hydrogen-bond acceptors (Lipinski definition) is 5. The zero-order valence-electron chi connectivity index (χ0n) is 53.3. The third kappa shape index (κ3) is 7.94. The molecule has 15 aromatic rings. The molecule has 98 heavy (non-hydrogen) atoms. The van der Waals surface area contributed by atoms with E-state index in [-0.39, 0.29) is 20.1 Å². The van der Waals surface area contributed by atoms with Crippen LogP contribution in [0.25, 0.3) is 55.6 Å². The Morgan fingerprint density at radius 3 is 1.03 bits per heavy atom. The van der Waals surface area contributed by atoms with Gasteiger partial charge in [0.05, 0.1) is 5.69 Å². The van der Waals surface area contributed by atoms with E-state index < -0.39 is 0 Å². The zero-order valence-corrected chi connectivity index (χ0v) is 53.3. The number of nitrogens with zero attached hydrogens (tertiary/aromatic N) is 4. The number of ether oxygens (including phenoxy) is 1. The molecule has 0 aliphatic carbocycles. The van der Waals surface area contributed by atoms with Gasteiger partial charge in [0.2, 0.25) is 0 Å². The van der Waals surface area contributed by atoms with Crippen LogP contribution in [0.3, 0.4) is 0 Å². The summed E-state index contributed by atoms with van der Waals surface area (Å²) in [7, 11) is 0. The molecule has 0 radical (unpaired) electrons. The number of para-hydroxylation sites is 7. The topological polar surface area (TPSA) is 22.2 Å². The highest BCUT2D eigenvalue weighted by molar-refractivity contribution is 7.05. The molecule has 8 heteroatoms. The smallest absolute Gasteiger partial charge is 0.256 e. The lowest BCUT2D eigenvalue weighted by Gasteiger charge is -2.51. The van der Waals surface area contributed by atoms with Gasteiger partial charge in [0.25, 0.3) is 20.1 Å². The van der Waals surface area contributed by atoms with Crippen LogP contribution in [0.5, 0.6) is 11.5 Å². The van der Waals surface area contributed by atoms with Crippen molar-refractivity contribution in [2.75, 3.05) is 19.6 Å². The fraction of sp³-hybridized carbons (Fsp3) is 0. The Hall–Kier alpha value is -12.5. The fourth-order valence-corrected chi connectivity index (χ4v) is 17.6. The van der Waals surface area contributed by atoms with Crippen LogP contribution in [-0.4, -0.2) is 20.1 Å². The molecule has 6 aliphatic heterocycles. The van der Waals surface area contributed by atoms with E-state index in [1.165, 1.54) is 61.0 Å². The van der Waals surface area contributed by atoms with Crippen LogP contribution in [0.4, 0.5) is 68.2 Å². The Labute approximate surface area is 571 Å². The van der Waals surface area contributed by atoms with Gasteiger partial charge in [-0.15, -0.1) is 0 Å². The molecular weight excluding hydrogens is 1190 g/mol. The monoisotopic (exact) mass is 1240 g/mol. The SMILES string of the molecule is c1ccc(-c2cccc(-c3ccccc3)c2-c2cc3c4c(c2)N(c2ccccc2)c2ccccc2B4c2cc4c(cc2O3)N(c2c(-c3ccccc3)cccc2-c2ccccc2)c2cc3c5c6c2B4c2ccccc2N6c2ccccc2B5c2ccccc2N3c2ccccc2)cc1. The van der Waals surface area contributed by atoms with Crippen molar-refractivity contribution in [1.82, 2.24) is 0 Å². The van der Waals surface area contributed by atoms with Gasteiger partial charge >= 0.3 is 0 Å². The molecule has 0 bridgehead atoms. The third-order valence-corrected chi connectivity index (χ3v) is 21.4. The van der Waals surface area contributed by atoms with E-state index in [0.29, 0.717) is 0 Å². The second-order valence-corrected chi connectivity index (χ2v) is 26.5. The molecular formula is C90H57B3N4O. The van der Waals surface area contributed by atoms with Crippen molar-refractivity contribution in [2.45, 2.75) is 0 Å². The Morgan fingerprint density at radius 2 is 0.561 bits per heavy atom. The molecule has 21 rings (SSSR count). The Morgan fingerprint density at radius 1 is 0.204 bits per heavy atom. The van der Waals surface area contributed by atoms with Gasteiger partial charge in [0.1, 0.15) is 11.5 Å². The molecule has 6 aliphatic rings. The molecule has 0 unspecified atom stereocenters. The Balaban J connectivity index is 0.899. The van der Waals surface area contributed by atoms with Crippen LogP contribution in [0.15, 0.2) is 346 Å². The van der Waals surface area contributed by atoms with E-state index in [1.807, 2.05) is 0 Å². The van der Waals surface area contributed by atoms with Gasteiger partial charge < -0.3 is 24.3 Å². The summed E-state index contributed by atoms with van der Waals surface area (Å²) in [5.41, 5.74) is 36.3. The van der Waals surface area contributed by atoms with Gasteiger partial charge in [-0.2, -0.15) is 0 Å². The quantitative estimate of drug-likeness (QED) is 0.141. The van der Waals surface area contributed by atoms with Crippen molar-refractivity contribution in [1.29, 1.82) is 0 Å². The minimum absolute atomic E-state index is 0.0577. The van der Waals surface area contributed by atoms with Crippen LogP contribution < -0.4 is 73.5 Å². The molecule has 0 aromatic heterocycles. The predicted molar refractivity (Wildman–Crippen MR) is 413 cm³/mol. The Kier molecular flexibility index (Phi) is 12.0. The van der Waals surface area contributed by atoms with Crippen molar-refractivity contribution in [3.8, 4) is 67.1 Å². The van der Waals surface area contributed by atoms with Crippen LogP contribution >= 0.6 is 0 Å². The van der Waals surface area contributed by atoms with E-state index in [0.717, 1.165) is 124 Å². The molecule has 0 amide bonds. The van der Waals surface area contributed by atoms with Gasteiger partial charge in [-0.1, -0.05) is 273 Å². The maximum atomic E-state index is 8.03. The van der Waals surface area contributed by atoms with Crippen molar-refractivity contribution >= 4 is 138 Å². The lowest BCUT2D eigenvalue weighted by molar-refractivity contribution is 0.488. The molecule has 6 heterocycles. The lowest BCUT2D eigenvalue weighted by Crippen LogP contribution is -2.69. The van der Waals surface area contributed by atoms with E-state index >= 15 is 0 Å². The second kappa shape index (κ2) is 21.5. The lowest BCUT2D eigenvalue weighted by atomic mass is 9.28. The summed E-state index contributed by atoms with van der Waals surface area (Å²) < 4.78 is 8.03. The summed E-state index contributed by atoms with van der Waals surface area (Å²) in [6.07, 6.45) is 0. The van der Waals surface area contributed by atoms with Gasteiger partial charge in [-0.3, -0.25) is 0 Å². The van der Waals surface area contributed by atoms with Crippen LogP contribution in [-0.2, 0) is 0 Å². The minimum atomic E-state index is -0.215. The first-order valence-electron chi connectivity index (χ1n) is 34.1. The largest absolute Gasteiger partial charge is 0.458 e. The summed E-state index contributed by atoms with van der Waals surface area (Å²) in [6, 6.07) is 129. The molecule has 5 nitrogen and oxygen atoms in total. The normalized spacial score (nSPS) is 13.4. The fourth-order valence-electron chi connectivity index (χ4n) is 17.6. The van der Waals surface area contributed by atoms with Gasteiger partial charge in [0.15, 0.2) is 0 Å². The average Bonchev–Trinajstić information content (AvgIpc) is 0.669. The highest BCUT2D eigenvalue weighted by Crippen LogP contribution is 2.55. The molecule has 0 saturated carbocycles. The Bertz CT molecular complexity index is 5650. The molecule has 0 fully saturated rings. The van der Waals surface area contributed by atoms with Gasteiger partial charge in [0, 0.05) is 79.8 Å². The number of hydrogen-bond donors (Lipinski definition) is 0. The van der Waals surface area contributed by atoms with E-state index in [9.17, 15) is 0 Å². The first kappa shape index (κ1) is 54.8. The molecule has 0 spiro atoms. The van der Waals surface area contributed by atoms with Crippen LogP contribution in [0, 0.1) is 0 Å². The van der Waals surface area contributed by atoms with Gasteiger partial charge in [-0.05, 0) is 160 Å². The summed E-state index contributed by atoms with van der Waals surface area (Å²) in [5, 5.41) is 0. The molecule has 452 valence electrons. The highest BCUT2D eigenvalue weighted by atomic mass is 16.5. The summed E-state index contributed by atoms with van der Waals surface area (Å²) in [6.45, 7) is -0.481. The van der Waals surface area contributed by atoms with Crippen molar-refractivity contribution in [3.05, 3.63) is 346 Å². The van der Waals surface area contributed by atoms with E-state index in [2.05, 4.69) is 365 Å². The second-order valence-electron chi connectivity index (χ2n) is 26.5. The third-order valence-electron chi connectivity index (χ3n) is 21.4. The predicted octanol–water partition coefficient (Wildman–Crippen LogP) is 17.1. The summed E-state index contributed by atoms with van der Waals surface area (Å²) in [5.74, 6) is 1.67. The van der Waals surface area contributed by atoms with Crippen LogP contribution in [0.1, 0.15) is 0 Å². The zero-order chi connectivity index (χ0) is 64.1. The standard InChI is InChI=1S/C90H57B3N4O/c1-7-29-58(30-8-1)65-41-27-42-66(59-31-9-2-10-32-59)85(65)62-53-80-86-84(54-62)98-83-57-79-73(55-74(83)93(86)70-46-20-24-50-76(70)94(80)63-37-15-5-16-38-63)92-72-48-22-26-52-78(72)96-77-51-25-21-47-71(77)91-69-45-19-23-49-75(69)95(64-39-17-6-18-40-64)81-56-82(88(92)90(96)87(81)91)97(79)89-67(60-33-11-3-12-34-60)43-28-44-68(89)61-35-13-4-14-36-61/h1-57H. The molecule has 15 aromatic carbocycles. The number of benzene rings is 15. The highest BCUT2D eigenvalue weighted by Gasteiger charge is 2.53. The van der Waals surface area contributed by atoms with Crippen LogP contribution in [0.2, 0.25) is 0 Å². The summed E-state index contributed by atoms with van der Waals surface area (Å²) >= 11 is 0. The van der Waals surface area contributed by atoms with E-state index in [4.69, 9.17) is 4.74 Å². The maximum Gasteiger partial charge on any atom is 0.256 e. The maximum absolute atomic E-state index is 8.03. The van der Waals surface area contributed by atoms with Crippen molar-refractivity contribution in [3.63, 3.8) is 0 Å². The van der Waals surface area contributed by atoms with Gasteiger partial charge in [-0.25, -0.2) is 0 Å². The number of rotatable bonds is 8.